The van der Waals surface area contributed by atoms with Gasteiger partial charge in [0.05, 0.1) is 0 Å². The van der Waals surface area contributed by atoms with E-state index in [2.05, 4.69) is 23.3 Å². The van der Waals surface area contributed by atoms with Crippen molar-refractivity contribution in [2.75, 3.05) is 12.3 Å². The molecule has 0 heterocycles. The minimum atomic E-state index is -0.0000181. The molecule has 1 fully saturated rings. The third-order valence-corrected chi connectivity index (χ3v) is 4.19. The van der Waals surface area contributed by atoms with Gasteiger partial charge in [-0.05, 0) is 37.4 Å². The molecule has 1 aliphatic rings. The highest BCUT2D eigenvalue weighted by molar-refractivity contribution is 7.80. The zero-order valence-electron chi connectivity index (χ0n) is 11.3. The smallest absolute Gasteiger partial charge is 0.221 e. The number of hydrogen-bond acceptors (Lipinski definition) is 3. The zero-order chi connectivity index (χ0) is 13.6. The van der Waals surface area contributed by atoms with Crippen molar-refractivity contribution < 1.29 is 9.59 Å². The van der Waals surface area contributed by atoms with Gasteiger partial charge in [0, 0.05) is 25.4 Å². The van der Waals surface area contributed by atoms with Crippen LogP contribution in [0.3, 0.4) is 0 Å². The number of carbonyl (C=O) groups excluding carboxylic acids is 2. The highest BCUT2D eigenvalue weighted by Gasteiger charge is 2.42. The fourth-order valence-electron chi connectivity index (χ4n) is 1.74. The molecule has 104 valence electrons. The highest BCUT2D eigenvalue weighted by atomic mass is 32.1. The van der Waals surface area contributed by atoms with E-state index in [0.717, 1.165) is 25.0 Å². The molecule has 1 aliphatic carbocycles. The Morgan fingerprint density at radius 3 is 2.50 bits per heavy atom. The van der Waals surface area contributed by atoms with Gasteiger partial charge in [0.2, 0.25) is 11.8 Å². The molecule has 0 spiro atoms. The Kier molecular flexibility index (Phi) is 5.99. The summed E-state index contributed by atoms with van der Waals surface area (Å²) in [6.07, 6.45) is 4.01. The monoisotopic (exact) mass is 272 g/mol. The van der Waals surface area contributed by atoms with Crippen molar-refractivity contribution >= 4 is 24.4 Å². The Labute approximate surface area is 115 Å². The molecule has 5 heteroatoms. The molecule has 18 heavy (non-hydrogen) atoms. The number of carbonyl (C=O) groups is 2. The van der Waals surface area contributed by atoms with E-state index in [1.54, 1.807) is 0 Å². The van der Waals surface area contributed by atoms with Crippen molar-refractivity contribution in [3.8, 4) is 0 Å². The Hall–Kier alpha value is -0.710. The van der Waals surface area contributed by atoms with Crippen molar-refractivity contribution in [2.45, 2.75) is 52.0 Å². The largest absolute Gasteiger partial charge is 0.356 e. The van der Waals surface area contributed by atoms with E-state index in [4.69, 9.17) is 0 Å². The summed E-state index contributed by atoms with van der Waals surface area (Å²) in [5.74, 6) is 0.812. The van der Waals surface area contributed by atoms with Crippen LogP contribution in [0, 0.1) is 5.41 Å². The Bertz CT molecular complexity index is 303. The van der Waals surface area contributed by atoms with Crippen molar-refractivity contribution in [1.82, 2.24) is 10.6 Å². The van der Waals surface area contributed by atoms with Gasteiger partial charge in [-0.1, -0.05) is 6.92 Å². The molecule has 1 unspecified atom stereocenters. The van der Waals surface area contributed by atoms with Gasteiger partial charge in [-0.3, -0.25) is 9.59 Å². The molecule has 2 N–H and O–H groups in total. The van der Waals surface area contributed by atoms with Crippen molar-refractivity contribution in [1.29, 1.82) is 0 Å². The van der Waals surface area contributed by atoms with Gasteiger partial charge in [0.15, 0.2) is 0 Å². The van der Waals surface area contributed by atoms with Crippen LogP contribution in [0.15, 0.2) is 0 Å². The summed E-state index contributed by atoms with van der Waals surface area (Å²) >= 11 is 4.27. The van der Waals surface area contributed by atoms with Crippen molar-refractivity contribution in [2.24, 2.45) is 5.41 Å². The van der Waals surface area contributed by atoms with Gasteiger partial charge in [0.1, 0.15) is 0 Å². The molecular formula is C13H24N2O2S. The zero-order valence-corrected chi connectivity index (χ0v) is 12.2. The quantitative estimate of drug-likeness (QED) is 0.587. The summed E-state index contributed by atoms with van der Waals surface area (Å²) in [4.78, 5) is 23.1. The van der Waals surface area contributed by atoms with Crippen LogP contribution in [-0.4, -0.2) is 30.2 Å². The second kappa shape index (κ2) is 7.02. The van der Waals surface area contributed by atoms with Crippen molar-refractivity contribution in [3.05, 3.63) is 0 Å². The summed E-state index contributed by atoms with van der Waals surface area (Å²) in [7, 11) is 0. The molecule has 0 aromatic rings. The first-order valence-electron chi connectivity index (χ1n) is 6.68. The Morgan fingerprint density at radius 2 is 2.00 bits per heavy atom. The summed E-state index contributed by atoms with van der Waals surface area (Å²) < 4.78 is 0. The van der Waals surface area contributed by atoms with Gasteiger partial charge in [0.25, 0.3) is 0 Å². The molecule has 0 aliphatic heterocycles. The molecule has 2 amide bonds. The summed E-state index contributed by atoms with van der Waals surface area (Å²) in [6, 6.07) is 0.201. The lowest BCUT2D eigenvalue weighted by atomic mass is 10.1. The van der Waals surface area contributed by atoms with Gasteiger partial charge in [-0.25, -0.2) is 0 Å². The first kappa shape index (κ1) is 15.3. The fraction of sp³-hybridized carbons (Fsp3) is 0.846. The predicted molar refractivity (Wildman–Crippen MR) is 75.7 cm³/mol. The lowest BCUT2D eigenvalue weighted by Crippen LogP contribution is -2.35. The second-order valence-electron chi connectivity index (χ2n) is 5.31. The van der Waals surface area contributed by atoms with E-state index in [1.807, 2.05) is 13.8 Å². The third kappa shape index (κ3) is 5.29. The number of hydrogen-bond donors (Lipinski definition) is 3. The number of nitrogens with one attached hydrogen (secondary N) is 2. The van der Waals surface area contributed by atoms with Gasteiger partial charge < -0.3 is 10.6 Å². The van der Waals surface area contributed by atoms with Gasteiger partial charge >= 0.3 is 0 Å². The Morgan fingerprint density at radius 1 is 1.33 bits per heavy atom. The van der Waals surface area contributed by atoms with E-state index in [-0.39, 0.29) is 23.3 Å². The fourth-order valence-corrected chi connectivity index (χ4v) is 2.16. The van der Waals surface area contributed by atoms with Crippen LogP contribution in [0.1, 0.15) is 46.0 Å². The lowest BCUT2D eigenvalue weighted by molar-refractivity contribution is -0.123. The summed E-state index contributed by atoms with van der Waals surface area (Å²) in [5, 5.41) is 5.67. The molecule has 0 aromatic carbocycles. The average Bonchev–Trinajstić information content (AvgIpc) is 3.09. The molecule has 1 saturated carbocycles. The normalized spacial score (nSPS) is 17.9. The average molecular weight is 272 g/mol. The second-order valence-corrected chi connectivity index (χ2v) is 5.63. The van der Waals surface area contributed by atoms with E-state index in [9.17, 15) is 9.59 Å². The topological polar surface area (TPSA) is 58.2 Å². The van der Waals surface area contributed by atoms with Crippen LogP contribution in [0.25, 0.3) is 0 Å². The first-order chi connectivity index (χ1) is 8.51. The van der Waals surface area contributed by atoms with Crippen LogP contribution < -0.4 is 10.6 Å². The number of amides is 2. The minimum Gasteiger partial charge on any atom is -0.356 e. The number of thiol groups is 1. The number of rotatable bonds is 8. The van der Waals surface area contributed by atoms with Gasteiger partial charge in [-0.2, -0.15) is 12.6 Å². The minimum absolute atomic E-state index is 0.0000181. The summed E-state index contributed by atoms with van der Waals surface area (Å²) in [6.45, 7) is 4.42. The maximum atomic E-state index is 11.6. The van der Waals surface area contributed by atoms with E-state index < -0.39 is 0 Å². The summed E-state index contributed by atoms with van der Waals surface area (Å²) in [5.41, 5.74) is 0.145. The molecular weight excluding hydrogens is 248 g/mol. The molecule has 0 bridgehead atoms. The van der Waals surface area contributed by atoms with Crippen LogP contribution in [0.2, 0.25) is 0 Å². The highest BCUT2D eigenvalue weighted by Crippen LogP contribution is 2.49. The molecule has 0 saturated heterocycles. The third-order valence-electron chi connectivity index (χ3n) is 3.52. The van der Waals surface area contributed by atoms with E-state index in [1.165, 1.54) is 0 Å². The van der Waals surface area contributed by atoms with Crippen LogP contribution in [0.4, 0.5) is 0 Å². The van der Waals surface area contributed by atoms with Crippen LogP contribution in [0.5, 0.6) is 0 Å². The molecule has 0 radical (unpaired) electrons. The first-order valence-corrected chi connectivity index (χ1v) is 7.31. The standard InChI is InChI=1S/C13H24N2O2S/c1-3-10(2)15-11(16)4-7-14-12(17)8-13(9-18)5-6-13/h10,18H,3-9H2,1-2H3,(H,14,17)(H,15,16). The van der Waals surface area contributed by atoms with Crippen LogP contribution in [-0.2, 0) is 9.59 Å². The maximum Gasteiger partial charge on any atom is 0.221 e. The maximum absolute atomic E-state index is 11.6. The molecule has 1 atom stereocenters. The molecule has 1 rings (SSSR count). The van der Waals surface area contributed by atoms with Gasteiger partial charge in [-0.15, -0.1) is 0 Å². The molecule has 4 nitrogen and oxygen atoms in total. The SMILES string of the molecule is CCC(C)NC(=O)CCNC(=O)CC1(CS)CC1. The van der Waals surface area contributed by atoms with E-state index >= 15 is 0 Å². The van der Waals surface area contributed by atoms with Crippen LogP contribution >= 0.6 is 12.6 Å². The molecule has 0 aromatic heterocycles. The van der Waals surface area contributed by atoms with Crippen molar-refractivity contribution in [3.63, 3.8) is 0 Å². The lowest BCUT2D eigenvalue weighted by Gasteiger charge is -2.13. The van der Waals surface area contributed by atoms with E-state index in [0.29, 0.717) is 19.4 Å². The Balaban J connectivity index is 2.10. The predicted octanol–water partition coefficient (Wildman–Crippen LogP) is 1.51.